The number of benzene rings is 1. The molecule has 2 aliphatic rings. The highest BCUT2D eigenvalue weighted by Gasteiger charge is 2.39. The average molecular weight is 329 g/mol. The van der Waals surface area contributed by atoms with Crippen molar-refractivity contribution in [1.82, 2.24) is 4.98 Å². The molecule has 96 valence electrons. The molecule has 2 aliphatic heterocycles. The minimum absolute atomic E-state index is 0.261. The van der Waals surface area contributed by atoms with Crippen molar-refractivity contribution in [3.63, 3.8) is 0 Å². The summed E-state index contributed by atoms with van der Waals surface area (Å²) < 4.78 is 6.87. The highest BCUT2D eigenvalue weighted by Crippen LogP contribution is 2.49. The molecule has 3 heterocycles. The number of hydrogen-bond donors (Lipinski definition) is 1. The number of aromatic nitrogens is 1. The van der Waals surface area contributed by atoms with Crippen LogP contribution in [0.25, 0.3) is 5.03 Å². The van der Waals surface area contributed by atoms with Gasteiger partial charge in [0.15, 0.2) is 15.1 Å². The zero-order valence-electron chi connectivity index (χ0n) is 9.78. The van der Waals surface area contributed by atoms with Gasteiger partial charge >= 0.3 is 0 Å². The molecule has 0 bridgehead atoms. The van der Waals surface area contributed by atoms with Crippen molar-refractivity contribution in [3.8, 4) is 0 Å². The first-order valence-electron chi connectivity index (χ1n) is 5.58. The highest BCUT2D eigenvalue weighted by molar-refractivity contribution is 7.88. The van der Waals surface area contributed by atoms with E-state index < -0.39 is 0 Å². The predicted molar refractivity (Wildman–Crippen MR) is 81.3 cm³/mol. The molecule has 1 aromatic heterocycles. The normalized spacial score (nSPS) is 19.4. The van der Waals surface area contributed by atoms with Gasteiger partial charge < -0.3 is 0 Å². The zero-order chi connectivity index (χ0) is 13.1. The summed E-state index contributed by atoms with van der Waals surface area (Å²) in [6, 6.07) is 3.88. The molecule has 1 unspecified atom stereocenters. The molecule has 1 N–H and O–H groups in total. The van der Waals surface area contributed by atoms with Crippen LogP contribution >= 0.6 is 34.5 Å². The summed E-state index contributed by atoms with van der Waals surface area (Å²) in [5, 5.41) is 2.45. The molecule has 3 nitrogen and oxygen atoms in total. The number of rotatable bonds is 1. The average Bonchev–Trinajstić information content (AvgIpc) is 3.02. The molecule has 19 heavy (non-hydrogen) atoms. The summed E-state index contributed by atoms with van der Waals surface area (Å²) in [6.07, 6.45) is 3.86. The Balaban J connectivity index is 2.00. The smallest absolute Gasteiger partial charge is 0.254 e. The van der Waals surface area contributed by atoms with Gasteiger partial charge in [-0.1, -0.05) is 23.2 Å². The summed E-state index contributed by atoms with van der Waals surface area (Å²) in [5.74, 6) is 0. The third kappa shape index (κ3) is 1.62. The molecule has 0 saturated heterocycles. The number of halogens is 2. The summed E-state index contributed by atoms with van der Waals surface area (Å²) in [4.78, 5) is 4.33. The minimum Gasteiger partial charge on any atom is -0.276 e. The summed E-state index contributed by atoms with van der Waals surface area (Å²) in [5.41, 5.74) is 3.07. The maximum absolute atomic E-state index is 6.31. The van der Waals surface area contributed by atoms with Crippen molar-refractivity contribution < 1.29 is 3.95 Å². The van der Waals surface area contributed by atoms with Crippen LogP contribution in [0.1, 0.15) is 10.6 Å². The van der Waals surface area contributed by atoms with Crippen LogP contribution in [-0.4, -0.2) is 8.93 Å². The number of hydrogen-bond acceptors (Lipinski definition) is 3. The molecule has 0 spiro atoms. The van der Waals surface area contributed by atoms with Crippen LogP contribution in [0.5, 0.6) is 0 Å². The van der Waals surface area contributed by atoms with Gasteiger partial charge in [-0.2, -0.15) is 0 Å². The lowest BCUT2D eigenvalue weighted by Gasteiger charge is -1.99. The quantitative estimate of drug-likeness (QED) is 0.780. The Morgan fingerprint density at radius 3 is 2.95 bits per heavy atom. The molecule has 4 rings (SSSR count). The Bertz CT molecular complexity index is 792. The summed E-state index contributed by atoms with van der Waals surface area (Å²) in [7, 11) is -0.261. The number of anilines is 1. The molecule has 2 aromatic rings. The highest BCUT2D eigenvalue weighted by atomic mass is 35.5. The van der Waals surface area contributed by atoms with E-state index in [0.717, 1.165) is 21.9 Å². The Labute approximate surface area is 126 Å². The molecular weight excluding hydrogens is 321 g/mol. The van der Waals surface area contributed by atoms with Crippen molar-refractivity contribution >= 4 is 61.8 Å². The molecule has 0 amide bonds. The van der Waals surface area contributed by atoms with E-state index >= 15 is 0 Å². The van der Waals surface area contributed by atoms with Crippen LogP contribution < -0.4 is 4.72 Å². The van der Waals surface area contributed by atoms with Crippen LogP contribution in [-0.2, 0) is 10.9 Å². The molecule has 7 heteroatoms. The van der Waals surface area contributed by atoms with Crippen LogP contribution in [0.2, 0.25) is 5.02 Å². The predicted octanol–water partition coefficient (Wildman–Crippen LogP) is 4.50. The van der Waals surface area contributed by atoms with E-state index in [-0.39, 0.29) is 10.9 Å². The van der Waals surface area contributed by atoms with Crippen molar-refractivity contribution in [3.05, 3.63) is 40.1 Å². The Morgan fingerprint density at radius 1 is 1.37 bits per heavy atom. The van der Waals surface area contributed by atoms with Crippen molar-refractivity contribution in [2.24, 2.45) is 0 Å². The van der Waals surface area contributed by atoms with E-state index in [0.29, 0.717) is 10.1 Å². The SMILES string of the molecule is Cc1ncc(S2=[N+]3C=C(Cl)c4c(Cl)ccc(c43)N2)s1. The first-order valence-corrected chi connectivity index (χ1v) is 8.33. The van der Waals surface area contributed by atoms with Crippen molar-refractivity contribution in [1.29, 1.82) is 0 Å². The second-order valence-electron chi connectivity index (χ2n) is 4.21. The summed E-state index contributed by atoms with van der Waals surface area (Å²) >= 11 is 14.2. The molecule has 0 aliphatic carbocycles. The van der Waals surface area contributed by atoms with Crippen LogP contribution in [0, 0.1) is 6.92 Å². The first-order chi connectivity index (χ1) is 9.15. The van der Waals surface area contributed by atoms with E-state index in [1.807, 2.05) is 31.5 Å². The number of nitrogens with zero attached hydrogens (tertiary/aromatic N) is 2. The van der Waals surface area contributed by atoms with Crippen molar-refractivity contribution in [2.45, 2.75) is 11.1 Å². The van der Waals surface area contributed by atoms with Gasteiger partial charge in [-0.05, 0) is 19.1 Å². The maximum Gasteiger partial charge on any atom is 0.254 e. The third-order valence-corrected chi connectivity index (χ3v) is 6.62. The van der Waals surface area contributed by atoms with Crippen LogP contribution in [0.3, 0.4) is 0 Å². The zero-order valence-corrected chi connectivity index (χ0v) is 12.9. The maximum atomic E-state index is 6.31. The van der Waals surface area contributed by atoms with Gasteiger partial charge in [-0.3, -0.25) is 4.72 Å². The summed E-state index contributed by atoms with van der Waals surface area (Å²) in [6.45, 7) is 2.01. The molecule has 1 atom stereocenters. The fourth-order valence-corrected chi connectivity index (χ4v) is 5.91. The molecule has 0 saturated carbocycles. The monoisotopic (exact) mass is 328 g/mol. The van der Waals surface area contributed by atoms with Gasteiger partial charge in [0.2, 0.25) is 6.20 Å². The first kappa shape index (κ1) is 11.9. The fourth-order valence-electron chi connectivity index (χ4n) is 2.21. The molecular formula is C12H8Cl2N3S2+. The Morgan fingerprint density at radius 2 is 2.21 bits per heavy atom. The van der Waals surface area contributed by atoms with Gasteiger partial charge in [0.05, 0.1) is 21.8 Å². The Hall–Kier alpha value is -0.880. The van der Waals surface area contributed by atoms with Gasteiger partial charge in [0.25, 0.3) is 5.69 Å². The number of nitrogens with one attached hydrogen (secondary N) is 1. The van der Waals surface area contributed by atoms with E-state index in [1.165, 1.54) is 4.21 Å². The van der Waals surface area contributed by atoms with Gasteiger partial charge in [-0.15, -0.1) is 15.3 Å². The van der Waals surface area contributed by atoms with E-state index in [2.05, 4.69) is 13.7 Å². The van der Waals surface area contributed by atoms with Gasteiger partial charge in [-0.25, -0.2) is 4.98 Å². The lowest BCUT2D eigenvalue weighted by Crippen LogP contribution is -2.04. The second-order valence-corrected chi connectivity index (χ2v) is 8.12. The van der Waals surface area contributed by atoms with Gasteiger partial charge in [0.1, 0.15) is 10.7 Å². The van der Waals surface area contributed by atoms with Crippen molar-refractivity contribution in [2.75, 3.05) is 4.72 Å². The van der Waals surface area contributed by atoms with Crippen LogP contribution in [0.15, 0.2) is 28.7 Å². The molecule has 0 radical (unpaired) electrons. The topological polar surface area (TPSA) is 27.9 Å². The van der Waals surface area contributed by atoms with Crippen LogP contribution in [0.4, 0.5) is 11.4 Å². The Kier molecular flexibility index (Phi) is 2.54. The lowest BCUT2D eigenvalue weighted by molar-refractivity contribution is -0.321. The van der Waals surface area contributed by atoms with Gasteiger partial charge in [0, 0.05) is 0 Å². The second kappa shape index (κ2) is 4.06. The van der Waals surface area contributed by atoms with E-state index in [9.17, 15) is 0 Å². The largest absolute Gasteiger partial charge is 0.276 e. The fraction of sp³-hybridized carbons (Fsp3) is 0.0833. The standard InChI is InChI=1S/C12H7Cl2N3S2/c1-6-15-4-10(18-6)19-16-9-3-2-7(13)11-8(14)5-17(19)12(9)11/h2-5H,1H3/p+1. The molecule has 1 aromatic carbocycles. The lowest BCUT2D eigenvalue weighted by atomic mass is 10.2. The van der Waals surface area contributed by atoms with E-state index in [4.69, 9.17) is 23.2 Å². The number of aryl methyl sites for hydroxylation is 1. The minimum atomic E-state index is -0.261. The third-order valence-electron chi connectivity index (χ3n) is 3.01. The van der Waals surface area contributed by atoms with E-state index in [1.54, 1.807) is 11.3 Å². The number of thiazole rings is 1. The molecule has 0 fully saturated rings.